The van der Waals surface area contributed by atoms with Crippen LogP contribution in [0.4, 0.5) is 5.82 Å². The average Bonchev–Trinajstić information content (AvgIpc) is 3.19. The largest absolute Gasteiger partial charge is 0.479 e. The second-order valence-corrected chi connectivity index (χ2v) is 6.75. The summed E-state index contributed by atoms with van der Waals surface area (Å²) in [5.74, 6) is 0.520. The van der Waals surface area contributed by atoms with Gasteiger partial charge in [-0.15, -0.1) is 0 Å². The minimum Gasteiger partial charge on any atom is -0.479 e. The highest BCUT2D eigenvalue weighted by Gasteiger charge is 2.44. The molecule has 1 aromatic carbocycles. The van der Waals surface area contributed by atoms with E-state index in [9.17, 15) is 9.59 Å². The number of benzene rings is 1. The summed E-state index contributed by atoms with van der Waals surface area (Å²) in [5, 5.41) is 7.14. The van der Waals surface area contributed by atoms with Gasteiger partial charge in [0, 0.05) is 12.0 Å². The molecule has 4 rings (SSSR count). The molecule has 3 aromatic rings. The lowest BCUT2D eigenvalue weighted by molar-refractivity contribution is -0.123. The van der Waals surface area contributed by atoms with Gasteiger partial charge in [0.2, 0.25) is 0 Å². The van der Waals surface area contributed by atoms with Gasteiger partial charge in [0.1, 0.15) is 17.1 Å². The fraction of sp³-hybridized carbons (Fsp3) is 0.316. The van der Waals surface area contributed by atoms with Crippen molar-refractivity contribution in [1.82, 2.24) is 5.16 Å². The smallest absolute Gasteiger partial charge is 0.343 e. The maximum Gasteiger partial charge on any atom is 0.343 e. The van der Waals surface area contributed by atoms with Crippen molar-refractivity contribution in [3.05, 3.63) is 52.1 Å². The molecular weight excluding hydrogens is 336 g/mol. The van der Waals surface area contributed by atoms with Gasteiger partial charge >= 0.3 is 5.63 Å². The molecule has 7 heteroatoms. The lowest BCUT2D eigenvalue weighted by Crippen LogP contribution is -2.37. The predicted molar refractivity (Wildman–Crippen MR) is 94.3 cm³/mol. The number of para-hydroxylation sites is 1. The molecule has 3 heterocycles. The van der Waals surface area contributed by atoms with Crippen LogP contribution in [-0.2, 0) is 4.79 Å². The molecular formula is C19H18N2O5. The van der Waals surface area contributed by atoms with Crippen molar-refractivity contribution in [2.75, 3.05) is 5.32 Å². The van der Waals surface area contributed by atoms with Crippen LogP contribution in [0, 0.1) is 12.8 Å². The van der Waals surface area contributed by atoms with E-state index in [-0.39, 0.29) is 11.8 Å². The fourth-order valence-electron chi connectivity index (χ4n) is 3.42. The molecule has 2 aromatic heterocycles. The number of fused-ring (bicyclic) bond motifs is 3. The first kappa shape index (κ1) is 16.4. The number of nitrogens with one attached hydrogen (secondary N) is 1. The van der Waals surface area contributed by atoms with Crippen LogP contribution in [-0.4, -0.2) is 17.2 Å². The first-order valence-corrected chi connectivity index (χ1v) is 8.42. The van der Waals surface area contributed by atoms with Gasteiger partial charge in [-0.25, -0.2) is 4.79 Å². The summed E-state index contributed by atoms with van der Waals surface area (Å²) in [6.45, 7) is 5.62. The summed E-state index contributed by atoms with van der Waals surface area (Å²) in [7, 11) is 0. The Kier molecular flexibility index (Phi) is 3.79. The van der Waals surface area contributed by atoms with Crippen LogP contribution < -0.4 is 15.7 Å². The molecule has 1 N–H and O–H groups in total. The van der Waals surface area contributed by atoms with E-state index in [1.54, 1.807) is 25.1 Å². The number of ether oxygens (including phenoxy) is 1. The van der Waals surface area contributed by atoms with Gasteiger partial charge < -0.3 is 19.0 Å². The van der Waals surface area contributed by atoms with Gasteiger partial charge in [-0.2, -0.15) is 0 Å². The fourth-order valence-corrected chi connectivity index (χ4v) is 3.42. The molecule has 0 saturated carbocycles. The lowest BCUT2D eigenvalue weighted by Gasteiger charge is -2.20. The van der Waals surface area contributed by atoms with Crippen LogP contribution in [0.3, 0.4) is 0 Å². The molecule has 0 unspecified atom stereocenters. The summed E-state index contributed by atoms with van der Waals surface area (Å²) in [6, 6.07) is 8.76. The summed E-state index contributed by atoms with van der Waals surface area (Å²) >= 11 is 0. The number of carbonyl (C=O) groups is 1. The number of hydrogen-bond acceptors (Lipinski definition) is 6. The van der Waals surface area contributed by atoms with Crippen molar-refractivity contribution in [2.45, 2.75) is 32.8 Å². The SMILES string of the molecule is Cc1cc(NC(=O)[C@@H]2Oc3c(c(=O)oc4ccccc34)[C@@H]2C(C)C)no1. The lowest BCUT2D eigenvalue weighted by atomic mass is 9.85. The number of anilines is 1. The summed E-state index contributed by atoms with van der Waals surface area (Å²) in [4.78, 5) is 25.4. The molecule has 1 amide bonds. The summed E-state index contributed by atoms with van der Waals surface area (Å²) < 4.78 is 16.4. The maximum atomic E-state index is 12.8. The molecule has 26 heavy (non-hydrogen) atoms. The van der Waals surface area contributed by atoms with Crippen LogP contribution >= 0.6 is 0 Å². The molecule has 2 atom stereocenters. The number of rotatable bonds is 3. The standard InChI is InChI=1S/C19H18N2O5/c1-9(2)14-15-16(11-6-4-5-7-12(11)24-19(15)23)25-17(14)18(22)20-13-8-10(3)26-21-13/h4-9,14,17H,1-3H3,(H,20,21,22)/t14-,17+/m0/s1. The van der Waals surface area contributed by atoms with E-state index >= 15 is 0 Å². The Balaban J connectivity index is 1.77. The van der Waals surface area contributed by atoms with Gasteiger partial charge in [0.15, 0.2) is 11.9 Å². The van der Waals surface area contributed by atoms with Crippen LogP contribution in [0.2, 0.25) is 0 Å². The third-order valence-electron chi connectivity index (χ3n) is 4.56. The zero-order valence-corrected chi connectivity index (χ0v) is 14.6. The molecule has 1 aliphatic rings. The average molecular weight is 354 g/mol. The van der Waals surface area contributed by atoms with Crippen LogP contribution in [0.15, 0.2) is 44.1 Å². The van der Waals surface area contributed by atoms with Crippen LogP contribution in [0.25, 0.3) is 11.0 Å². The van der Waals surface area contributed by atoms with Crippen molar-refractivity contribution in [3.8, 4) is 5.75 Å². The predicted octanol–water partition coefficient (Wildman–Crippen LogP) is 3.23. The van der Waals surface area contributed by atoms with Crippen LogP contribution in [0.5, 0.6) is 5.75 Å². The Morgan fingerprint density at radius 3 is 2.73 bits per heavy atom. The summed E-state index contributed by atoms with van der Waals surface area (Å²) in [5.41, 5.74) is 0.382. The van der Waals surface area contributed by atoms with E-state index in [0.717, 1.165) is 0 Å². The van der Waals surface area contributed by atoms with Gasteiger partial charge in [0.05, 0.1) is 10.9 Å². The van der Waals surface area contributed by atoms with E-state index in [0.29, 0.717) is 33.9 Å². The normalized spacial score (nSPS) is 18.8. The zero-order chi connectivity index (χ0) is 18.4. The number of carbonyl (C=O) groups excluding carboxylic acids is 1. The quantitative estimate of drug-likeness (QED) is 0.726. The molecule has 0 fully saturated rings. The highest BCUT2D eigenvalue weighted by atomic mass is 16.5. The Labute approximate surface area is 148 Å². The molecule has 0 saturated heterocycles. The van der Waals surface area contributed by atoms with Crippen molar-refractivity contribution in [2.24, 2.45) is 5.92 Å². The van der Waals surface area contributed by atoms with Gasteiger partial charge in [-0.3, -0.25) is 4.79 Å². The molecule has 0 aliphatic carbocycles. The minimum absolute atomic E-state index is 0.00453. The van der Waals surface area contributed by atoms with Crippen molar-refractivity contribution < 1.29 is 18.5 Å². The third-order valence-corrected chi connectivity index (χ3v) is 4.56. The topological polar surface area (TPSA) is 94.6 Å². The Morgan fingerprint density at radius 1 is 1.27 bits per heavy atom. The van der Waals surface area contributed by atoms with E-state index in [1.807, 2.05) is 26.0 Å². The minimum atomic E-state index is -0.851. The van der Waals surface area contributed by atoms with Crippen molar-refractivity contribution in [1.29, 1.82) is 0 Å². The number of nitrogens with zero attached hydrogens (tertiary/aromatic N) is 1. The highest BCUT2D eigenvalue weighted by molar-refractivity contribution is 5.96. The van der Waals surface area contributed by atoms with Crippen LogP contribution in [0.1, 0.15) is 31.1 Å². The molecule has 7 nitrogen and oxygen atoms in total. The van der Waals surface area contributed by atoms with Crippen molar-refractivity contribution >= 4 is 22.7 Å². The van der Waals surface area contributed by atoms with Crippen molar-refractivity contribution in [3.63, 3.8) is 0 Å². The monoisotopic (exact) mass is 354 g/mol. The Hall–Kier alpha value is -3.09. The highest BCUT2D eigenvalue weighted by Crippen LogP contribution is 2.44. The Bertz CT molecular complexity index is 1050. The molecule has 0 bridgehead atoms. The molecule has 0 spiro atoms. The Morgan fingerprint density at radius 2 is 2.04 bits per heavy atom. The summed E-state index contributed by atoms with van der Waals surface area (Å²) in [6.07, 6.45) is -0.851. The number of hydrogen-bond donors (Lipinski definition) is 1. The maximum absolute atomic E-state index is 12.8. The number of aromatic nitrogens is 1. The molecule has 0 radical (unpaired) electrons. The van der Waals surface area contributed by atoms with Gasteiger partial charge in [-0.05, 0) is 25.0 Å². The number of amides is 1. The van der Waals surface area contributed by atoms with E-state index in [2.05, 4.69) is 10.5 Å². The first-order chi connectivity index (χ1) is 12.5. The molecule has 134 valence electrons. The number of aryl methyl sites for hydroxylation is 1. The third kappa shape index (κ3) is 2.56. The van der Waals surface area contributed by atoms with Gasteiger partial charge in [-0.1, -0.05) is 31.1 Å². The van der Waals surface area contributed by atoms with E-state index in [1.165, 1.54) is 0 Å². The van der Waals surface area contributed by atoms with E-state index in [4.69, 9.17) is 13.7 Å². The van der Waals surface area contributed by atoms with E-state index < -0.39 is 17.6 Å². The zero-order valence-electron chi connectivity index (χ0n) is 14.6. The van der Waals surface area contributed by atoms with Gasteiger partial charge in [0.25, 0.3) is 5.91 Å². The second-order valence-electron chi connectivity index (χ2n) is 6.75. The second kappa shape index (κ2) is 6.01. The molecule has 1 aliphatic heterocycles. The first-order valence-electron chi connectivity index (χ1n) is 8.42.